The minimum Gasteiger partial charge on any atom is -0.497 e. The molecule has 0 heterocycles. The third-order valence-corrected chi connectivity index (χ3v) is 3.42. The summed E-state index contributed by atoms with van der Waals surface area (Å²) in [6.45, 7) is 0. The monoisotopic (exact) mass is 371 g/mol. The normalized spacial score (nSPS) is 10.1. The van der Waals surface area contributed by atoms with Crippen LogP contribution in [-0.4, -0.2) is 13.0 Å². The summed E-state index contributed by atoms with van der Waals surface area (Å²) < 4.78 is 18.6. The summed E-state index contributed by atoms with van der Waals surface area (Å²) in [4.78, 5) is 12.0. The first-order valence-corrected chi connectivity index (χ1v) is 6.58. The molecule has 0 spiro atoms. The maximum Gasteiger partial charge on any atom is 0.255 e. The van der Waals surface area contributed by atoms with Crippen LogP contribution in [0.3, 0.4) is 0 Å². The van der Waals surface area contributed by atoms with E-state index in [-0.39, 0.29) is 11.7 Å². The van der Waals surface area contributed by atoms with Crippen molar-refractivity contribution in [2.24, 2.45) is 0 Å². The number of hydrogen-bond acceptors (Lipinski definition) is 2. The van der Waals surface area contributed by atoms with Crippen LogP contribution < -0.4 is 10.1 Å². The summed E-state index contributed by atoms with van der Waals surface area (Å²) in [5, 5.41) is 2.74. The molecule has 0 fully saturated rings. The van der Waals surface area contributed by atoms with E-state index in [4.69, 9.17) is 4.74 Å². The largest absolute Gasteiger partial charge is 0.497 e. The van der Waals surface area contributed by atoms with Gasteiger partial charge in [0.05, 0.1) is 12.8 Å². The lowest BCUT2D eigenvalue weighted by atomic mass is 10.2. The molecule has 0 aliphatic heterocycles. The maximum absolute atomic E-state index is 13.0. The topological polar surface area (TPSA) is 38.3 Å². The molecule has 0 saturated carbocycles. The fourth-order valence-electron chi connectivity index (χ4n) is 1.53. The van der Waals surface area contributed by atoms with Crippen LogP contribution in [0, 0.1) is 9.39 Å². The van der Waals surface area contributed by atoms with Crippen molar-refractivity contribution in [3.05, 3.63) is 57.4 Å². The first-order valence-electron chi connectivity index (χ1n) is 5.50. The van der Waals surface area contributed by atoms with E-state index in [9.17, 15) is 9.18 Å². The van der Waals surface area contributed by atoms with Gasteiger partial charge in [0.25, 0.3) is 5.91 Å². The minimum atomic E-state index is -0.327. The van der Waals surface area contributed by atoms with Gasteiger partial charge in [0.2, 0.25) is 0 Å². The zero-order valence-electron chi connectivity index (χ0n) is 10.1. The Morgan fingerprint density at radius 1 is 1.21 bits per heavy atom. The van der Waals surface area contributed by atoms with Crippen LogP contribution in [0.2, 0.25) is 0 Å². The van der Waals surface area contributed by atoms with Gasteiger partial charge >= 0.3 is 0 Å². The molecule has 3 nitrogen and oxygen atoms in total. The predicted octanol–water partition coefficient (Wildman–Crippen LogP) is 3.69. The van der Waals surface area contributed by atoms with Gasteiger partial charge in [-0.05, 0) is 65.1 Å². The van der Waals surface area contributed by atoms with Crippen LogP contribution >= 0.6 is 22.6 Å². The highest BCUT2D eigenvalue weighted by Gasteiger charge is 2.08. The molecule has 0 aromatic heterocycles. The number of anilines is 1. The summed E-state index contributed by atoms with van der Waals surface area (Å²) in [7, 11) is 1.57. The van der Waals surface area contributed by atoms with Crippen molar-refractivity contribution in [2.75, 3.05) is 12.4 Å². The number of halogens is 2. The average Bonchev–Trinajstić information content (AvgIpc) is 2.42. The molecule has 2 rings (SSSR count). The van der Waals surface area contributed by atoms with Gasteiger partial charge in [0.1, 0.15) is 11.6 Å². The van der Waals surface area contributed by atoms with Crippen LogP contribution in [0.15, 0.2) is 42.5 Å². The Kier molecular flexibility index (Phi) is 4.36. The molecule has 0 aliphatic rings. The van der Waals surface area contributed by atoms with Crippen LogP contribution in [0.1, 0.15) is 10.4 Å². The summed E-state index contributed by atoms with van der Waals surface area (Å²) in [6, 6.07) is 11.0. The standard InChI is InChI=1S/C14H11FINO2/c1-19-11-5-2-9(3-6-11)14(18)17-13-7-4-10(15)8-12(13)16/h2-8H,1H3,(H,17,18). The lowest BCUT2D eigenvalue weighted by Crippen LogP contribution is -2.12. The quantitative estimate of drug-likeness (QED) is 0.836. The maximum atomic E-state index is 13.0. The highest BCUT2D eigenvalue weighted by atomic mass is 127. The molecule has 0 atom stereocenters. The number of ether oxygens (including phenoxy) is 1. The molecule has 0 aliphatic carbocycles. The van der Waals surface area contributed by atoms with Crippen LogP contribution in [0.4, 0.5) is 10.1 Å². The first kappa shape index (κ1) is 13.8. The van der Waals surface area contributed by atoms with E-state index >= 15 is 0 Å². The molecule has 2 aromatic rings. The molecule has 0 radical (unpaired) electrons. The second-order valence-corrected chi connectivity index (χ2v) is 4.97. The smallest absolute Gasteiger partial charge is 0.255 e. The fourth-order valence-corrected chi connectivity index (χ4v) is 2.14. The molecule has 0 bridgehead atoms. The number of carbonyl (C=O) groups excluding carboxylic acids is 1. The SMILES string of the molecule is COc1ccc(C(=O)Nc2ccc(F)cc2I)cc1. The lowest BCUT2D eigenvalue weighted by molar-refractivity contribution is 0.102. The predicted molar refractivity (Wildman–Crippen MR) is 80.1 cm³/mol. The van der Waals surface area contributed by atoms with Gasteiger partial charge in [0.15, 0.2) is 0 Å². The lowest BCUT2D eigenvalue weighted by Gasteiger charge is -2.08. The van der Waals surface area contributed by atoms with Crippen molar-refractivity contribution in [2.45, 2.75) is 0 Å². The summed E-state index contributed by atoms with van der Waals surface area (Å²) in [5.41, 5.74) is 1.10. The van der Waals surface area contributed by atoms with Crippen molar-refractivity contribution in [3.8, 4) is 5.75 Å². The van der Waals surface area contributed by atoms with Gasteiger partial charge in [-0.2, -0.15) is 0 Å². The average molecular weight is 371 g/mol. The van der Waals surface area contributed by atoms with E-state index in [0.717, 1.165) is 0 Å². The second-order valence-electron chi connectivity index (χ2n) is 3.81. The zero-order valence-corrected chi connectivity index (χ0v) is 12.3. The Bertz CT molecular complexity index is 599. The van der Waals surface area contributed by atoms with Gasteiger partial charge in [-0.3, -0.25) is 4.79 Å². The van der Waals surface area contributed by atoms with Crippen molar-refractivity contribution in [1.29, 1.82) is 0 Å². The fraction of sp³-hybridized carbons (Fsp3) is 0.0714. The molecule has 1 amide bonds. The zero-order chi connectivity index (χ0) is 13.8. The molecule has 98 valence electrons. The number of hydrogen-bond donors (Lipinski definition) is 1. The second kappa shape index (κ2) is 6.01. The van der Waals surface area contributed by atoms with Crippen LogP contribution in [0.5, 0.6) is 5.75 Å². The Labute approximate surface area is 123 Å². The Morgan fingerprint density at radius 3 is 2.47 bits per heavy atom. The highest BCUT2D eigenvalue weighted by molar-refractivity contribution is 14.1. The molecule has 0 unspecified atom stereocenters. The third-order valence-electron chi connectivity index (χ3n) is 2.53. The van der Waals surface area contributed by atoms with Gasteiger partial charge in [-0.15, -0.1) is 0 Å². The first-order chi connectivity index (χ1) is 9.10. The number of carbonyl (C=O) groups is 1. The number of benzene rings is 2. The number of amides is 1. The molecular formula is C14H11FINO2. The number of nitrogens with one attached hydrogen (secondary N) is 1. The Hall–Kier alpha value is -1.63. The molecule has 0 saturated heterocycles. The molecule has 2 aromatic carbocycles. The third kappa shape index (κ3) is 3.44. The van der Waals surface area contributed by atoms with Gasteiger partial charge in [0, 0.05) is 9.13 Å². The Morgan fingerprint density at radius 2 is 1.89 bits per heavy atom. The molecule has 19 heavy (non-hydrogen) atoms. The molecular weight excluding hydrogens is 360 g/mol. The molecule has 1 N–H and O–H groups in total. The van der Waals surface area contributed by atoms with Crippen LogP contribution in [-0.2, 0) is 0 Å². The number of methoxy groups -OCH3 is 1. The summed E-state index contributed by atoms with van der Waals surface area (Å²) in [5.74, 6) is 0.118. The van der Waals surface area contributed by atoms with Crippen molar-refractivity contribution in [1.82, 2.24) is 0 Å². The molecule has 5 heteroatoms. The van der Waals surface area contributed by atoms with Gasteiger partial charge in [-0.25, -0.2) is 4.39 Å². The Balaban J connectivity index is 2.15. The highest BCUT2D eigenvalue weighted by Crippen LogP contribution is 2.20. The summed E-state index contributed by atoms with van der Waals surface area (Å²) >= 11 is 1.98. The van der Waals surface area contributed by atoms with E-state index in [0.29, 0.717) is 20.6 Å². The van der Waals surface area contributed by atoms with Crippen molar-refractivity contribution < 1.29 is 13.9 Å². The van der Waals surface area contributed by atoms with Crippen molar-refractivity contribution >= 4 is 34.2 Å². The summed E-state index contributed by atoms with van der Waals surface area (Å²) in [6.07, 6.45) is 0. The van der Waals surface area contributed by atoms with Crippen LogP contribution in [0.25, 0.3) is 0 Å². The van der Waals surface area contributed by atoms with Gasteiger partial charge < -0.3 is 10.1 Å². The van der Waals surface area contributed by atoms with E-state index in [2.05, 4.69) is 5.32 Å². The van der Waals surface area contributed by atoms with Gasteiger partial charge in [-0.1, -0.05) is 0 Å². The van der Waals surface area contributed by atoms with E-state index in [1.807, 2.05) is 22.6 Å². The minimum absolute atomic E-state index is 0.243. The van der Waals surface area contributed by atoms with E-state index in [1.54, 1.807) is 37.4 Å². The van der Waals surface area contributed by atoms with Crippen molar-refractivity contribution in [3.63, 3.8) is 0 Å². The number of rotatable bonds is 3. The van der Waals surface area contributed by atoms with E-state index < -0.39 is 0 Å². The van der Waals surface area contributed by atoms with E-state index in [1.165, 1.54) is 12.1 Å².